The Morgan fingerprint density at radius 2 is 1.89 bits per heavy atom. The molecule has 37 heavy (non-hydrogen) atoms. The van der Waals surface area contributed by atoms with Crippen molar-refractivity contribution in [2.45, 2.75) is 51.0 Å². The number of phenolic OH excluding ortho intramolecular Hbond substituents is 1. The first-order valence-corrected chi connectivity index (χ1v) is 12.6. The van der Waals surface area contributed by atoms with E-state index in [1.807, 2.05) is 12.1 Å². The number of nitrogens with zero attached hydrogens (tertiary/aromatic N) is 1. The van der Waals surface area contributed by atoms with Crippen LogP contribution in [0.5, 0.6) is 17.2 Å². The van der Waals surface area contributed by atoms with Crippen LogP contribution in [-0.4, -0.2) is 47.8 Å². The molecule has 9 nitrogen and oxygen atoms in total. The molecule has 9 heteroatoms. The maximum atomic E-state index is 13.3. The molecule has 0 spiro atoms. The van der Waals surface area contributed by atoms with Gasteiger partial charge in [-0.15, -0.1) is 0 Å². The molecule has 1 aliphatic rings. The van der Waals surface area contributed by atoms with Gasteiger partial charge < -0.3 is 29.1 Å². The Morgan fingerprint density at radius 3 is 2.57 bits per heavy atom. The van der Waals surface area contributed by atoms with E-state index in [9.17, 15) is 19.8 Å². The molecule has 0 unspecified atom stereocenters. The minimum Gasteiger partial charge on any atom is -0.504 e. The number of hydrogen-bond donors (Lipinski definition) is 3. The van der Waals surface area contributed by atoms with Crippen molar-refractivity contribution < 1.29 is 28.6 Å². The summed E-state index contributed by atoms with van der Waals surface area (Å²) >= 11 is 0. The third-order valence-corrected chi connectivity index (χ3v) is 6.83. The summed E-state index contributed by atoms with van der Waals surface area (Å²) in [5, 5.41) is 23.6. The lowest BCUT2D eigenvalue weighted by Gasteiger charge is -2.29. The Kier molecular flexibility index (Phi) is 8.55. The molecule has 3 heterocycles. The number of carbonyl (C=O) groups is 1. The molecular weight excluding hydrogens is 476 g/mol. The van der Waals surface area contributed by atoms with Crippen molar-refractivity contribution in [1.29, 1.82) is 0 Å². The van der Waals surface area contributed by atoms with Crippen LogP contribution in [-0.2, 0) is 4.79 Å². The molecule has 0 aliphatic carbocycles. The highest BCUT2D eigenvalue weighted by molar-refractivity contribution is 5.77. The summed E-state index contributed by atoms with van der Waals surface area (Å²) in [7, 11) is 1.42. The highest BCUT2D eigenvalue weighted by Gasteiger charge is 2.28. The number of likely N-dealkylation sites (tertiary alicyclic amines) is 1. The van der Waals surface area contributed by atoms with Crippen molar-refractivity contribution in [3.8, 4) is 17.2 Å². The predicted molar refractivity (Wildman–Crippen MR) is 137 cm³/mol. The second-order valence-electron chi connectivity index (χ2n) is 9.41. The summed E-state index contributed by atoms with van der Waals surface area (Å²) in [6.07, 6.45) is 6.12. The number of nitrogens with one attached hydrogen (secondary N) is 1. The first kappa shape index (κ1) is 26.3. The molecule has 2 atom stereocenters. The van der Waals surface area contributed by atoms with Crippen molar-refractivity contribution in [1.82, 2.24) is 10.2 Å². The van der Waals surface area contributed by atoms with E-state index in [4.69, 9.17) is 13.6 Å². The van der Waals surface area contributed by atoms with Gasteiger partial charge in [0.15, 0.2) is 17.3 Å². The molecule has 198 valence electrons. The summed E-state index contributed by atoms with van der Waals surface area (Å²) in [6.45, 7) is 3.81. The van der Waals surface area contributed by atoms with Crippen LogP contribution in [0.2, 0.25) is 0 Å². The molecule has 1 aliphatic heterocycles. The monoisotopic (exact) mass is 510 g/mol. The van der Waals surface area contributed by atoms with Crippen molar-refractivity contribution >= 4 is 5.91 Å². The number of benzene rings is 1. The molecule has 0 radical (unpaired) electrons. The van der Waals surface area contributed by atoms with Crippen LogP contribution in [0.4, 0.5) is 0 Å². The standard InChI is InChI=1S/C28H34N2O7/c1-18-14-23(32)27(34)28(37-18)20(19-9-10-22(31)25(15-19)35-2)16-26(33)29-17-21(24-8-7-13-36-24)30-11-5-3-4-6-12-30/h7-10,13-15,20-21,31,34H,3-6,11-12,16-17H2,1-2H3,(H,29,33)/t20-,21-/m0/s1. The Balaban J connectivity index is 1.58. The van der Waals surface area contributed by atoms with E-state index < -0.39 is 17.1 Å². The van der Waals surface area contributed by atoms with Gasteiger partial charge in [0.2, 0.25) is 17.1 Å². The van der Waals surface area contributed by atoms with Gasteiger partial charge in [0.25, 0.3) is 0 Å². The normalized spacial score (nSPS) is 16.1. The minimum absolute atomic E-state index is 0.0111. The van der Waals surface area contributed by atoms with E-state index in [2.05, 4.69) is 10.2 Å². The fourth-order valence-corrected chi connectivity index (χ4v) is 4.90. The van der Waals surface area contributed by atoms with Gasteiger partial charge in [-0.2, -0.15) is 0 Å². The van der Waals surface area contributed by atoms with E-state index in [1.165, 1.54) is 32.1 Å². The number of aromatic hydroxyl groups is 2. The maximum absolute atomic E-state index is 13.3. The second-order valence-corrected chi connectivity index (χ2v) is 9.41. The summed E-state index contributed by atoms with van der Waals surface area (Å²) in [5.41, 5.74) is -0.0436. The zero-order valence-corrected chi connectivity index (χ0v) is 21.2. The van der Waals surface area contributed by atoms with Crippen molar-refractivity contribution in [2.75, 3.05) is 26.7 Å². The third kappa shape index (κ3) is 6.35. The van der Waals surface area contributed by atoms with Crippen LogP contribution in [0.25, 0.3) is 0 Å². The summed E-state index contributed by atoms with van der Waals surface area (Å²) < 4.78 is 16.7. The summed E-state index contributed by atoms with van der Waals surface area (Å²) in [4.78, 5) is 27.9. The average Bonchev–Trinajstić information content (AvgIpc) is 3.28. The van der Waals surface area contributed by atoms with Gasteiger partial charge in [-0.05, 0) is 62.7 Å². The molecule has 3 aromatic rings. The van der Waals surface area contributed by atoms with Crippen LogP contribution >= 0.6 is 0 Å². The van der Waals surface area contributed by atoms with Crippen LogP contribution in [0.15, 0.2) is 56.3 Å². The number of phenols is 1. The molecule has 3 N–H and O–H groups in total. The molecule has 1 aromatic carbocycles. The van der Waals surface area contributed by atoms with E-state index in [-0.39, 0.29) is 35.6 Å². The number of ether oxygens (including phenoxy) is 1. The number of carbonyl (C=O) groups excluding carboxylic acids is 1. The quantitative estimate of drug-likeness (QED) is 0.391. The number of rotatable bonds is 9. The summed E-state index contributed by atoms with van der Waals surface area (Å²) in [5.74, 6) is -0.386. The highest BCUT2D eigenvalue weighted by atomic mass is 16.5. The van der Waals surface area contributed by atoms with Crippen LogP contribution in [0.3, 0.4) is 0 Å². The third-order valence-electron chi connectivity index (χ3n) is 6.83. The lowest BCUT2D eigenvalue weighted by atomic mass is 9.91. The van der Waals surface area contributed by atoms with E-state index in [0.29, 0.717) is 17.9 Å². The molecule has 0 saturated carbocycles. The van der Waals surface area contributed by atoms with Crippen LogP contribution in [0.1, 0.15) is 66.9 Å². The number of hydrogen-bond acceptors (Lipinski definition) is 8. The van der Waals surface area contributed by atoms with Gasteiger partial charge in [0.05, 0.1) is 25.3 Å². The molecule has 2 aromatic heterocycles. The van der Waals surface area contributed by atoms with E-state index in [0.717, 1.165) is 31.7 Å². The number of methoxy groups -OCH3 is 1. The van der Waals surface area contributed by atoms with Gasteiger partial charge in [-0.1, -0.05) is 18.9 Å². The van der Waals surface area contributed by atoms with Crippen LogP contribution in [0, 0.1) is 6.92 Å². The van der Waals surface area contributed by atoms with Gasteiger partial charge in [0, 0.05) is 19.0 Å². The average molecular weight is 511 g/mol. The minimum atomic E-state index is -0.789. The SMILES string of the molecule is COc1cc([C@H](CC(=O)NC[C@@H](c2ccco2)N2CCCCCC2)c2oc(C)cc(=O)c2O)ccc1O. The zero-order chi connectivity index (χ0) is 26.4. The lowest BCUT2D eigenvalue weighted by Crippen LogP contribution is -2.39. The van der Waals surface area contributed by atoms with E-state index >= 15 is 0 Å². The largest absolute Gasteiger partial charge is 0.504 e. The Labute approximate surface area is 215 Å². The Bertz CT molecular complexity index is 1240. The predicted octanol–water partition coefficient (Wildman–Crippen LogP) is 4.22. The highest BCUT2D eigenvalue weighted by Crippen LogP contribution is 2.37. The van der Waals surface area contributed by atoms with Crippen LogP contribution < -0.4 is 15.5 Å². The first-order chi connectivity index (χ1) is 17.9. The maximum Gasteiger partial charge on any atom is 0.227 e. The number of amides is 1. The molecule has 4 rings (SSSR count). The number of furan rings is 1. The van der Waals surface area contributed by atoms with Gasteiger partial charge >= 0.3 is 0 Å². The topological polar surface area (TPSA) is 125 Å². The fraction of sp³-hybridized carbons (Fsp3) is 0.429. The smallest absolute Gasteiger partial charge is 0.227 e. The summed E-state index contributed by atoms with van der Waals surface area (Å²) in [6, 6.07) is 9.48. The van der Waals surface area contributed by atoms with Gasteiger partial charge in [0.1, 0.15) is 11.5 Å². The number of aryl methyl sites for hydroxylation is 1. The molecule has 1 amide bonds. The zero-order valence-electron chi connectivity index (χ0n) is 21.2. The lowest BCUT2D eigenvalue weighted by molar-refractivity contribution is -0.121. The Morgan fingerprint density at radius 1 is 1.14 bits per heavy atom. The second kappa shape index (κ2) is 12.0. The van der Waals surface area contributed by atoms with Crippen molar-refractivity contribution in [3.05, 3.63) is 75.7 Å². The molecule has 1 saturated heterocycles. The first-order valence-electron chi connectivity index (χ1n) is 12.6. The molecule has 1 fully saturated rings. The van der Waals surface area contributed by atoms with Crippen molar-refractivity contribution in [2.24, 2.45) is 0 Å². The molecule has 0 bridgehead atoms. The van der Waals surface area contributed by atoms with Gasteiger partial charge in [-0.25, -0.2) is 0 Å². The van der Waals surface area contributed by atoms with Crippen molar-refractivity contribution in [3.63, 3.8) is 0 Å². The fourth-order valence-electron chi connectivity index (χ4n) is 4.90. The van der Waals surface area contributed by atoms with E-state index in [1.54, 1.807) is 25.3 Å². The Hall–Kier alpha value is -3.72. The molecular formula is C28H34N2O7. The van der Waals surface area contributed by atoms with Gasteiger partial charge in [-0.3, -0.25) is 14.5 Å².